The standard InChI is InChI=1S/C22H21F3N2OS/c1-12(2)21-16-6-4-13(22(23,24)25)10-20(16)29-19(21)9-8-17-15-7-5-14(26-3)11-18(15)28-27-17/h4-7,10-12,26H,8-9H2,1-3H3. The first-order valence-corrected chi connectivity index (χ1v) is 10.3. The van der Waals surface area contributed by atoms with Crippen molar-refractivity contribution in [3.8, 4) is 0 Å². The predicted molar refractivity (Wildman–Crippen MR) is 112 cm³/mol. The van der Waals surface area contributed by atoms with E-state index < -0.39 is 11.7 Å². The van der Waals surface area contributed by atoms with Gasteiger partial charge >= 0.3 is 6.18 Å². The van der Waals surface area contributed by atoms with E-state index in [1.165, 1.54) is 23.5 Å². The van der Waals surface area contributed by atoms with Crippen molar-refractivity contribution in [2.24, 2.45) is 0 Å². The molecular formula is C22H21F3N2OS. The molecule has 0 aliphatic rings. The van der Waals surface area contributed by atoms with Crippen LogP contribution in [-0.4, -0.2) is 12.2 Å². The zero-order chi connectivity index (χ0) is 20.8. The summed E-state index contributed by atoms with van der Waals surface area (Å²) in [7, 11) is 1.84. The van der Waals surface area contributed by atoms with Gasteiger partial charge in [0, 0.05) is 33.8 Å². The molecule has 0 saturated heterocycles. The van der Waals surface area contributed by atoms with Gasteiger partial charge in [-0.2, -0.15) is 13.2 Å². The van der Waals surface area contributed by atoms with E-state index in [1.54, 1.807) is 6.07 Å². The highest BCUT2D eigenvalue weighted by Gasteiger charge is 2.31. The molecule has 0 aliphatic heterocycles. The van der Waals surface area contributed by atoms with E-state index in [4.69, 9.17) is 4.52 Å². The lowest BCUT2D eigenvalue weighted by Gasteiger charge is -2.09. The molecule has 0 atom stereocenters. The number of thiophene rings is 1. The summed E-state index contributed by atoms with van der Waals surface area (Å²) in [4.78, 5) is 1.11. The molecule has 0 amide bonds. The minimum absolute atomic E-state index is 0.225. The van der Waals surface area contributed by atoms with Gasteiger partial charge in [-0.3, -0.25) is 0 Å². The smallest absolute Gasteiger partial charge is 0.388 e. The molecule has 4 aromatic rings. The molecule has 7 heteroatoms. The van der Waals surface area contributed by atoms with Crippen molar-refractivity contribution in [2.45, 2.75) is 38.8 Å². The Kier molecular flexibility index (Phi) is 5.02. The van der Waals surface area contributed by atoms with Crippen LogP contribution in [-0.2, 0) is 19.0 Å². The summed E-state index contributed by atoms with van der Waals surface area (Å²) >= 11 is 1.45. The minimum atomic E-state index is -4.33. The largest absolute Gasteiger partial charge is 0.416 e. The van der Waals surface area contributed by atoms with Gasteiger partial charge in [0.2, 0.25) is 0 Å². The Labute approximate surface area is 170 Å². The summed E-state index contributed by atoms with van der Waals surface area (Å²) in [5.41, 5.74) is 3.07. The SMILES string of the molecule is CNc1ccc2c(CCc3sc4cc(C(F)(F)F)ccc4c3C(C)C)noc2c1. The number of hydrogen-bond acceptors (Lipinski definition) is 4. The lowest BCUT2D eigenvalue weighted by molar-refractivity contribution is -0.137. The number of nitrogens with one attached hydrogen (secondary N) is 1. The summed E-state index contributed by atoms with van der Waals surface area (Å²) in [6.45, 7) is 4.15. The van der Waals surface area contributed by atoms with Gasteiger partial charge in [0.1, 0.15) is 0 Å². The molecule has 2 aromatic heterocycles. The summed E-state index contributed by atoms with van der Waals surface area (Å²) in [5, 5.41) is 9.17. The number of hydrogen-bond donors (Lipinski definition) is 1. The highest BCUT2D eigenvalue weighted by Crippen LogP contribution is 2.40. The maximum atomic E-state index is 13.1. The van der Waals surface area contributed by atoms with Crippen LogP contribution in [0.15, 0.2) is 40.9 Å². The van der Waals surface area contributed by atoms with Crippen molar-refractivity contribution in [2.75, 3.05) is 12.4 Å². The Balaban J connectivity index is 1.67. The van der Waals surface area contributed by atoms with Gasteiger partial charge in [-0.15, -0.1) is 11.3 Å². The van der Waals surface area contributed by atoms with E-state index >= 15 is 0 Å². The van der Waals surface area contributed by atoms with Gasteiger partial charge in [0.15, 0.2) is 5.58 Å². The monoisotopic (exact) mass is 418 g/mol. The molecule has 29 heavy (non-hydrogen) atoms. The number of anilines is 1. The van der Waals surface area contributed by atoms with E-state index in [2.05, 4.69) is 24.3 Å². The number of nitrogens with zero attached hydrogens (tertiary/aromatic N) is 1. The molecule has 0 unspecified atom stereocenters. The first-order chi connectivity index (χ1) is 13.8. The number of benzene rings is 2. The average Bonchev–Trinajstić information content (AvgIpc) is 3.25. The molecule has 4 rings (SSSR count). The van der Waals surface area contributed by atoms with Crippen LogP contribution in [0.3, 0.4) is 0 Å². The molecule has 0 saturated carbocycles. The molecule has 152 valence electrons. The molecule has 3 nitrogen and oxygen atoms in total. The lowest BCUT2D eigenvalue weighted by atomic mass is 9.96. The van der Waals surface area contributed by atoms with Crippen molar-refractivity contribution >= 4 is 38.1 Å². The normalized spacial score (nSPS) is 12.4. The van der Waals surface area contributed by atoms with Crippen LogP contribution in [0.2, 0.25) is 0 Å². The van der Waals surface area contributed by atoms with E-state index in [1.807, 2.05) is 25.2 Å². The van der Waals surface area contributed by atoms with Crippen LogP contribution < -0.4 is 5.32 Å². The van der Waals surface area contributed by atoms with E-state index in [0.717, 1.165) is 38.2 Å². The van der Waals surface area contributed by atoms with Crippen LogP contribution >= 0.6 is 11.3 Å². The number of rotatable bonds is 5. The van der Waals surface area contributed by atoms with Gasteiger partial charge in [0.05, 0.1) is 11.3 Å². The highest BCUT2D eigenvalue weighted by molar-refractivity contribution is 7.19. The second-order valence-corrected chi connectivity index (χ2v) is 8.53. The highest BCUT2D eigenvalue weighted by atomic mass is 32.1. The summed E-state index contributed by atoms with van der Waals surface area (Å²) in [6, 6.07) is 9.91. The van der Waals surface area contributed by atoms with Crippen LogP contribution in [0.25, 0.3) is 21.1 Å². The molecule has 2 heterocycles. The second kappa shape index (κ2) is 7.37. The zero-order valence-corrected chi connectivity index (χ0v) is 17.2. The van der Waals surface area contributed by atoms with Crippen molar-refractivity contribution < 1.29 is 17.7 Å². The fourth-order valence-electron chi connectivity index (χ4n) is 3.72. The molecule has 0 fully saturated rings. The molecule has 0 bridgehead atoms. The fourth-order valence-corrected chi connectivity index (χ4v) is 5.12. The molecule has 0 aliphatic carbocycles. The average molecular weight is 418 g/mol. The molecule has 2 aromatic carbocycles. The van der Waals surface area contributed by atoms with Crippen molar-refractivity contribution in [3.05, 3.63) is 58.1 Å². The minimum Gasteiger partial charge on any atom is -0.388 e. The zero-order valence-electron chi connectivity index (χ0n) is 16.4. The van der Waals surface area contributed by atoms with Crippen LogP contribution in [0.1, 0.15) is 41.5 Å². The Morgan fingerprint density at radius 2 is 1.83 bits per heavy atom. The van der Waals surface area contributed by atoms with E-state index in [0.29, 0.717) is 17.5 Å². The molecule has 0 radical (unpaired) electrons. The Morgan fingerprint density at radius 3 is 2.52 bits per heavy atom. The van der Waals surface area contributed by atoms with Crippen LogP contribution in [0.5, 0.6) is 0 Å². The summed E-state index contributed by atoms with van der Waals surface area (Å²) in [5.74, 6) is 0.225. The van der Waals surface area contributed by atoms with Gasteiger partial charge < -0.3 is 9.84 Å². The third kappa shape index (κ3) is 3.71. The number of aryl methyl sites for hydroxylation is 2. The first kappa shape index (κ1) is 19.8. The second-order valence-electron chi connectivity index (χ2n) is 7.39. The molecule has 0 spiro atoms. The lowest BCUT2D eigenvalue weighted by Crippen LogP contribution is -2.03. The number of alkyl halides is 3. The summed E-state index contributed by atoms with van der Waals surface area (Å²) < 4.78 is 45.4. The molecular weight excluding hydrogens is 397 g/mol. The first-order valence-electron chi connectivity index (χ1n) is 9.46. The van der Waals surface area contributed by atoms with Crippen molar-refractivity contribution in [1.82, 2.24) is 5.16 Å². The number of fused-ring (bicyclic) bond motifs is 2. The summed E-state index contributed by atoms with van der Waals surface area (Å²) in [6.07, 6.45) is -2.95. The third-order valence-electron chi connectivity index (χ3n) is 5.13. The van der Waals surface area contributed by atoms with Gasteiger partial charge in [0.25, 0.3) is 0 Å². The Morgan fingerprint density at radius 1 is 1.07 bits per heavy atom. The maximum absolute atomic E-state index is 13.1. The fraction of sp³-hybridized carbons (Fsp3) is 0.318. The van der Waals surface area contributed by atoms with Crippen molar-refractivity contribution in [3.63, 3.8) is 0 Å². The van der Waals surface area contributed by atoms with Gasteiger partial charge in [-0.05, 0) is 54.0 Å². The predicted octanol–water partition coefficient (Wildman–Crippen LogP) is 7.01. The van der Waals surface area contributed by atoms with Gasteiger partial charge in [-0.25, -0.2) is 0 Å². The number of halogens is 3. The van der Waals surface area contributed by atoms with Gasteiger partial charge in [-0.1, -0.05) is 25.1 Å². The third-order valence-corrected chi connectivity index (χ3v) is 6.36. The number of aromatic nitrogens is 1. The van der Waals surface area contributed by atoms with E-state index in [-0.39, 0.29) is 5.92 Å². The Bertz CT molecular complexity index is 1170. The van der Waals surface area contributed by atoms with Crippen LogP contribution in [0.4, 0.5) is 18.9 Å². The Hall–Kier alpha value is -2.54. The quantitative estimate of drug-likeness (QED) is 0.379. The topological polar surface area (TPSA) is 38.1 Å². The van der Waals surface area contributed by atoms with Crippen LogP contribution in [0, 0.1) is 0 Å². The molecule has 1 N–H and O–H groups in total. The van der Waals surface area contributed by atoms with E-state index in [9.17, 15) is 13.2 Å². The van der Waals surface area contributed by atoms with Crippen molar-refractivity contribution in [1.29, 1.82) is 0 Å². The maximum Gasteiger partial charge on any atom is 0.416 e.